The molecule has 14 amide bonds. The van der Waals surface area contributed by atoms with Crippen LogP contribution in [0.3, 0.4) is 0 Å². The van der Waals surface area contributed by atoms with E-state index in [0.29, 0.717) is 27.8 Å². The van der Waals surface area contributed by atoms with Crippen molar-refractivity contribution in [1.29, 1.82) is 10.8 Å². The molecule has 1 saturated heterocycles. The summed E-state index contributed by atoms with van der Waals surface area (Å²) >= 11 is 0.764. The standard InChI is InChI=1S/C78H102N26O17S/c1-3-52-68(113)99-57(27-45-11-6-10-44-9-4-5-12-51(44)45)73(118)100-58(28-46-31-84-39-91-46)66(111)90-35-64(109)94-61(36-105)76(121)97-54(14-8-24-88-78(82)83)69(114)98-56(26-43-17-21-50(107)22-18-43)72(117)101-59(29-47-32-85-40-92-47)74(119)96-53(13-7-23-87-77(80)81)70(115)102-60(30-48-33-86-41-104(48)2)75(120)103-62(67(112)89-34-63(79)108)37-122-38-65(110)93-55(71(116)95-52)25-42-15-19-49(106)20-16-42/h4-6,9-12,15-22,31-33,39-41,52-62,105-107H,3,7-8,13-14,23-30,34-38H2,1-2H3,(H2,79,108)(H,84,91)(H,85,92)(H,89,112)(H,90,111)(H,93,110)(H,94,109)(H,95,116)(H,96,119)(H,97,121)(H,98,114)(H,99,113)(H,100,118)(H,101,117)(H,102,115)(H,103,120)(H4,80,81,87)(H4,82,83,88)/t52-,53-,54-,55-,56-,57-,58-,59-,60-,61-,62-/m0/s1. The van der Waals surface area contributed by atoms with Gasteiger partial charge in [0.2, 0.25) is 82.7 Å². The van der Waals surface area contributed by atoms with Crippen LogP contribution in [-0.2, 0) is 113 Å². The number of carbonyl (C=O) groups excluding carboxylic acids is 14. The molecule has 4 heterocycles. The summed E-state index contributed by atoms with van der Waals surface area (Å²) in [6.07, 6.45) is 5.55. The minimum atomic E-state index is -1.86. The Morgan fingerprint density at radius 2 is 0.951 bits per heavy atom. The second kappa shape index (κ2) is 46.8. The Balaban J connectivity index is 1.19. The Bertz CT molecular complexity index is 4800. The summed E-state index contributed by atoms with van der Waals surface area (Å²) in [5, 5.41) is 86.9. The average Bonchev–Trinajstić information content (AvgIpc) is 1.64. The van der Waals surface area contributed by atoms with E-state index in [1.807, 2.05) is 12.1 Å². The zero-order valence-electron chi connectivity index (χ0n) is 66.7. The lowest BCUT2D eigenvalue weighted by molar-refractivity contribution is -0.136. The van der Waals surface area contributed by atoms with E-state index in [0.717, 1.165) is 17.1 Å². The molecular weight excluding hydrogens is 1610 g/mol. The van der Waals surface area contributed by atoms with E-state index in [1.54, 1.807) is 44.3 Å². The predicted octanol–water partition coefficient (Wildman–Crippen LogP) is -6.09. The maximum absolute atomic E-state index is 15.1. The SMILES string of the molecule is CC[C@@H]1NC(=O)[C@H](Cc2ccc(O)cc2)NC(=O)CSC[C@@H](C(=O)NCC(N)=O)NC(=O)[C@H](Cc2cncn2C)NC(=O)[C@H](CCCNC(=N)N)NC(=O)[C@H](Cc2c[nH]cn2)NC(=O)[C@H](Cc2ccc(O)cc2)NC(=O)[C@H](CCCNC(=N)N)NC(=O)[C@H](CO)NC(=O)CNC(=O)[C@H](Cc2c[nH]cn2)NC(=O)[C@H](Cc2cccc3ccccc23)NC1=O. The van der Waals surface area contributed by atoms with Crippen LogP contribution in [0.1, 0.15) is 72.8 Å². The fraction of sp³-hybridized carbons (Fsp3) is 0.397. The van der Waals surface area contributed by atoms with Crippen LogP contribution in [0.4, 0.5) is 0 Å². The molecular formula is C78H102N26O17S. The highest BCUT2D eigenvalue weighted by Gasteiger charge is 2.38. The minimum Gasteiger partial charge on any atom is -0.508 e. The number of imidazole rings is 3. The Morgan fingerprint density at radius 1 is 0.508 bits per heavy atom. The lowest BCUT2D eigenvalue weighted by atomic mass is 9.97. The highest BCUT2D eigenvalue weighted by atomic mass is 32.2. The number of aromatic amines is 2. The Labute approximate surface area is 702 Å². The molecule has 0 saturated carbocycles. The molecule has 11 atom stereocenters. The van der Waals surface area contributed by atoms with Gasteiger partial charge in [0.15, 0.2) is 11.9 Å². The van der Waals surface area contributed by atoms with Gasteiger partial charge in [0.25, 0.3) is 0 Å². The maximum atomic E-state index is 15.1. The second-order valence-electron chi connectivity index (χ2n) is 28.6. The fourth-order valence-electron chi connectivity index (χ4n) is 12.8. The van der Waals surface area contributed by atoms with Crippen LogP contribution in [0, 0.1) is 10.8 Å². The van der Waals surface area contributed by atoms with Gasteiger partial charge in [-0.15, -0.1) is 11.8 Å². The third-order valence-corrected chi connectivity index (χ3v) is 20.3. The third-order valence-electron chi connectivity index (χ3n) is 19.3. The summed E-state index contributed by atoms with van der Waals surface area (Å²) in [6, 6.07) is 5.62. The number of H-pyrrole nitrogens is 2. The van der Waals surface area contributed by atoms with Gasteiger partial charge in [0, 0.05) is 88.7 Å². The normalized spacial score (nSPS) is 21.6. The molecule has 43 nitrogen and oxygen atoms in total. The average molecular weight is 1710 g/mol. The number of aliphatic hydroxyl groups is 1. The number of amides is 14. The highest BCUT2D eigenvalue weighted by molar-refractivity contribution is 8.00. The predicted molar refractivity (Wildman–Crippen MR) is 442 cm³/mol. The number of nitrogens with one attached hydrogen (secondary N) is 19. The molecule has 28 N–H and O–H groups in total. The number of guanidine groups is 2. The Hall–Kier alpha value is -14.2. The van der Waals surface area contributed by atoms with E-state index < -0.39 is 199 Å². The molecule has 3 aromatic heterocycles. The first-order valence-corrected chi connectivity index (χ1v) is 40.0. The molecule has 1 fully saturated rings. The van der Waals surface area contributed by atoms with Gasteiger partial charge in [-0.05, 0) is 83.8 Å². The van der Waals surface area contributed by atoms with Crippen molar-refractivity contribution in [3.05, 3.63) is 162 Å². The lowest BCUT2D eigenvalue weighted by Gasteiger charge is -2.28. The summed E-state index contributed by atoms with van der Waals surface area (Å²) in [5.74, 6) is -16.3. The third kappa shape index (κ3) is 30.0. The highest BCUT2D eigenvalue weighted by Crippen LogP contribution is 2.22. The van der Waals surface area contributed by atoms with Crippen LogP contribution >= 0.6 is 11.8 Å². The van der Waals surface area contributed by atoms with Crippen LogP contribution in [0.5, 0.6) is 11.5 Å². The van der Waals surface area contributed by atoms with E-state index in [-0.39, 0.29) is 100 Å². The number of hydrogen-bond acceptors (Lipinski definition) is 23. The zero-order chi connectivity index (χ0) is 88.4. The zero-order valence-corrected chi connectivity index (χ0v) is 67.5. The van der Waals surface area contributed by atoms with E-state index in [2.05, 4.69) is 105 Å². The number of nitrogens with zero attached hydrogens (tertiary/aromatic N) is 4. The van der Waals surface area contributed by atoms with Gasteiger partial charge in [-0.3, -0.25) is 77.9 Å². The molecule has 1 aliphatic rings. The molecule has 1 aliphatic heterocycles. The number of phenols is 2. The molecule has 0 radical (unpaired) electrons. The molecule has 44 heteroatoms. The van der Waals surface area contributed by atoms with Gasteiger partial charge >= 0.3 is 0 Å². The number of rotatable bonds is 25. The summed E-state index contributed by atoms with van der Waals surface area (Å²) < 4.78 is 1.52. The van der Waals surface area contributed by atoms with Crippen molar-refractivity contribution < 1.29 is 82.4 Å². The molecule has 0 spiro atoms. The largest absolute Gasteiger partial charge is 0.508 e. The smallest absolute Gasteiger partial charge is 0.245 e. The number of primary amides is 1. The number of thioether (sulfide) groups is 1. The molecule has 0 unspecified atom stereocenters. The molecule has 0 bridgehead atoms. The number of benzene rings is 4. The van der Waals surface area contributed by atoms with E-state index in [9.17, 15) is 63.3 Å². The Kier molecular flexibility index (Phi) is 35.8. The van der Waals surface area contributed by atoms with Gasteiger partial charge in [-0.1, -0.05) is 73.7 Å². The fourth-order valence-corrected chi connectivity index (χ4v) is 13.7. The van der Waals surface area contributed by atoms with Crippen molar-refractivity contribution in [3.8, 4) is 11.5 Å². The van der Waals surface area contributed by atoms with Crippen molar-refractivity contribution in [2.24, 2.45) is 24.2 Å². The summed E-state index contributed by atoms with van der Waals surface area (Å²) in [5.41, 5.74) is 18.6. The number of fused-ring (bicyclic) bond motifs is 1. The number of hydrogen-bond donors (Lipinski definition) is 25. The van der Waals surface area contributed by atoms with Crippen molar-refractivity contribution in [2.75, 3.05) is 44.3 Å². The van der Waals surface area contributed by atoms with Crippen molar-refractivity contribution in [2.45, 2.75) is 144 Å². The Morgan fingerprint density at radius 3 is 1.44 bits per heavy atom. The van der Waals surface area contributed by atoms with Crippen molar-refractivity contribution in [3.63, 3.8) is 0 Å². The number of phenolic OH excluding ortho intramolecular Hbond substituents is 2. The van der Waals surface area contributed by atoms with E-state index in [1.165, 1.54) is 90.7 Å². The quantitative estimate of drug-likeness (QED) is 0.0144. The molecule has 8 rings (SSSR count). The molecule has 0 aliphatic carbocycles. The number of aromatic hydroxyl groups is 2. The summed E-state index contributed by atoms with van der Waals surface area (Å²) in [4.78, 5) is 221. The van der Waals surface area contributed by atoms with Gasteiger partial charge in [0.1, 0.15) is 78.0 Å². The number of aryl methyl sites for hydroxylation is 1. The van der Waals surface area contributed by atoms with E-state index in [4.69, 9.17) is 28.0 Å². The molecule has 4 aromatic carbocycles. The van der Waals surface area contributed by atoms with Gasteiger partial charge in [0.05, 0.1) is 55.8 Å². The van der Waals surface area contributed by atoms with Crippen molar-refractivity contribution >= 4 is 117 Å². The van der Waals surface area contributed by atoms with Crippen molar-refractivity contribution in [1.82, 2.24) is 109 Å². The van der Waals surface area contributed by atoms with Gasteiger partial charge in [-0.2, -0.15) is 0 Å². The van der Waals surface area contributed by atoms with Crippen LogP contribution in [0.15, 0.2) is 129 Å². The van der Waals surface area contributed by atoms with Gasteiger partial charge in [-0.25, -0.2) is 15.0 Å². The number of carbonyl (C=O) groups is 14. The van der Waals surface area contributed by atoms with E-state index >= 15 is 19.2 Å². The first kappa shape index (κ1) is 93.3. The first-order valence-electron chi connectivity index (χ1n) is 38.9. The van der Waals surface area contributed by atoms with Crippen LogP contribution in [-0.4, -0.2) is 250 Å². The van der Waals surface area contributed by atoms with Crippen LogP contribution in [0.25, 0.3) is 10.8 Å². The van der Waals surface area contributed by atoms with Gasteiger partial charge < -0.3 is 127 Å². The minimum absolute atomic E-state index is 0.00526. The van der Waals surface area contributed by atoms with Crippen LogP contribution < -0.4 is 97.0 Å². The number of nitrogens with two attached hydrogens (primary N) is 3. The lowest BCUT2D eigenvalue weighted by Crippen LogP contribution is -2.61. The number of aromatic nitrogens is 6. The van der Waals surface area contributed by atoms with Crippen LogP contribution in [0.2, 0.25) is 0 Å². The maximum Gasteiger partial charge on any atom is 0.245 e. The summed E-state index contributed by atoms with van der Waals surface area (Å²) in [7, 11) is 1.58. The molecule has 7 aromatic rings. The summed E-state index contributed by atoms with van der Waals surface area (Å²) in [6.45, 7) is -1.30. The molecule has 652 valence electrons. The first-order chi connectivity index (χ1) is 58.4. The molecule has 122 heavy (non-hydrogen) atoms. The number of aliphatic hydroxyl groups excluding tert-OH is 1. The topological polar surface area (TPSA) is 681 Å². The monoisotopic (exact) mass is 1710 g/mol. The second-order valence-corrected chi connectivity index (χ2v) is 29.6.